The first-order valence-corrected chi connectivity index (χ1v) is 6.76. The van der Waals surface area contributed by atoms with Crippen LogP contribution in [-0.4, -0.2) is 25.0 Å². The molecule has 0 aliphatic heterocycles. The molecule has 2 aromatic rings. The standard InChI is InChI=1S/C17H20N2O2/c1-12-6-4-5-7-13(12)11-19(2)17(20)14-8-15(18)10-16(9-14)21-3/h4-10H,11,18H2,1-3H3. The van der Waals surface area contributed by atoms with Gasteiger partial charge in [-0.1, -0.05) is 24.3 Å². The molecule has 0 aliphatic carbocycles. The number of carbonyl (C=O) groups is 1. The van der Waals surface area contributed by atoms with Crippen molar-refractivity contribution in [3.63, 3.8) is 0 Å². The fourth-order valence-electron chi connectivity index (χ4n) is 2.20. The first kappa shape index (κ1) is 14.9. The van der Waals surface area contributed by atoms with Crippen molar-refractivity contribution in [2.24, 2.45) is 0 Å². The Morgan fingerprint density at radius 2 is 1.95 bits per heavy atom. The maximum atomic E-state index is 12.5. The van der Waals surface area contributed by atoms with E-state index in [0.29, 0.717) is 23.5 Å². The number of benzene rings is 2. The van der Waals surface area contributed by atoms with Gasteiger partial charge in [0, 0.05) is 30.9 Å². The second kappa shape index (κ2) is 6.31. The van der Waals surface area contributed by atoms with Crippen LogP contribution in [0.2, 0.25) is 0 Å². The minimum atomic E-state index is -0.0798. The topological polar surface area (TPSA) is 55.6 Å². The van der Waals surface area contributed by atoms with Gasteiger partial charge in [-0.25, -0.2) is 0 Å². The van der Waals surface area contributed by atoms with E-state index in [0.717, 1.165) is 5.56 Å². The van der Waals surface area contributed by atoms with Crippen LogP contribution in [0.1, 0.15) is 21.5 Å². The van der Waals surface area contributed by atoms with Crippen LogP contribution in [0.4, 0.5) is 5.69 Å². The molecule has 0 aliphatic rings. The third-order valence-corrected chi connectivity index (χ3v) is 3.43. The van der Waals surface area contributed by atoms with E-state index in [2.05, 4.69) is 0 Å². The monoisotopic (exact) mass is 284 g/mol. The number of ether oxygens (including phenoxy) is 1. The molecule has 0 spiro atoms. The van der Waals surface area contributed by atoms with E-state index in [-0.39, 0.29) is 5.91 Å². The molecule has 2 aromatic carbocycles. The molecule has 2 N–H and O–H groups in total. The van der Waals surface area contributed by atoms with Gasteiger partial charge in [0.2, 0.25) is 0 Å². The van der Waals surface area contributed by atoms with Gasteiger partial charge in [0.15, 0.2) is 0 Å². The first-order valence-electron chi connectivity index (χ1n) is 6.76. The number of carbonyl (C=O) groups excluding carboxylic acids is 1. The molecule has 0 fully saturated rings. The predicted molar refractivity (Wildman–Crippen MR) is 84.4 cm³/mol. The average Bonchev–Trinajstić information content (AvgIpc) is 2.48. The van der Waals surface area contributed by atoms with Gasteiger partial charge in [0.1, 0.15) is 5.75 Å². The zero-order valence-electron chi connectivity index (χ0n) is 12.6. The van der Waals surface area contributed by atoms with Gasteiger partial charge in [-0.2, -0.15) is 0 Å². The Morgan fingerprint density at radius 3 is 2.62 bits per heavy atom. The van der Waals surface area contributed by atoms with Gasteiger partial charge in [-0.05, 0) is 30.2 Å². The highest BCUT2D eigenvalue weighted by atomic mass is 16.5. The van der Waals surface area contributed by atoms with Gasteiger partial charge in [-0.15, -0.1) is 0 Å². The molecule has 0 saturated carbocycles. The number of hydrogen-bond donors (Lipinski definition) is 1. The molecular weight excluding hydrogens is 264 g/mol. The summed E-state index contributed by atoms with van der Waals surface area (Å²) in [6.07, 6.45) is 0. The molecule has 0 bridgehead atoms. The van der Waals surface area contributed by atoms with Crippen LogP contribution in [0.5, 0.6) is 5.75 Å². The zero-order valence-corrected chi connectivity index (χ0v) is 12.6. The molecule has 2 rings (SSSR count). The summed E-state index contributed by atoms with van der Waals surface area (Å²) in [5.74, 6) is 0.506. The normalized spacial score (nSPS) is 10.2. The third-order valence-electron chi connectivity index (χ3n) is 3.43. The summed E-state index contributed by atoms with van der Waals surface area (Å²) in [7, 11) is 3.34. The maximum Gasteiger partial charge on any atom is 0.254 e. The van der Waals surface area contributed by atoms with Crippen LogP contribution in [0.3, 0.4) is 0 Å². The lowest BCUT2D eigenvalue weighted by Gasteiger charge is -2.19. The highest BCUT2D eigenvalue weighted by Crippen LogP contribution is 2.20. The summed E-state index contributed by atoms with van der Waals surface area (Å²) in [4.78, 5) is 14.2. The molecule has 0 unspecified atom stereocenters. The lowest BCUT2D eigenvalue weighted by molar-refractivity contribution is 0.0784. The molecule has 0 heterocycles. The lowest BCUT2D eigenvalue weighted by Crippen LogP contribution is -2.26. The Bertz CT molecular complexity index is 653. The number of nitrogens with two attached hydrogens (primary N) is 1. The Morgan fingerprint density at radius 1 is 1.24 bits per heavy atom. The quantitative estimate of drug-likeness (QED) is 0.878. The molecule has 21 heavy (non-hydrogen) atoms. The second-order valence-electron chi connectivity index (χ2n) is 5.08. The number of anilines is 1. The Labute approximate surface area is 125 Å². The van der Waals surface area contributed by atoms with Crippen molar-refractivity contribution in [2.45, 2.75) is 13.5 Å². The molecule has 0 aromatic heterocycles. The summed E-state index contributed by atoms with van der Waals surface area (Å²) in [5.41, 5.74) is 9.14. The van der Waals surface area contributed by atoms with E-state index < -0.39 is 0 Å². The summed E-state index contributed by atoms with van der Waals surface area (Å²) >= 11 is 0. The van der Waals surface area contributed by atoms with Gasteiger partial charge in [0.25, 0.3) is 5.91 Å². The number of nitrogens with zero attached hydrogens (tertiary/aromatic N) is 1. The minimum Gasteiger partial charge on any atom is -0.497 e. The number of aryl methyl sites for hydroxylation is 1. The summed E-state index contributed by atoms with van der Waals surface area (Å²) in [6, 6.07) is 13.1. The van der Waals surface area contributed by atoms with Gasteiger partial charge in [-0.3, -0.25) is 4.79 Å². The third kappa shape index (κ3) is 3.54. The Hall–Kier alpha value is -2.49. The van der Waals surface area contributed by atoms with Crippen LogP contribution in [0, 0.1) is 6.92 Å². The van der Waals surface area contributed by atoms with Crippen molar-refractivity contribution in [1.82, 2.24) is 4.90 Å². The SMILES string of the molecule is COc1cc(N)cc(C(=O)N(C)Cc2ccccc2C)c1. The lowest BCUT2D eigenvalue weighted by atomic mass is 10.1. The van der Waals surface area contributed by atoms with Crippen molar-refractivity contribution in [3.05, 3.63) is 59.2 Å². The van der Waals surface area contributed by atoms with Crippen LogP contribution >= 0.6 is 0 Å². The fourth-order valence-corrected chi connectivity index (χ4v) is 2.20. The van der Waals surface area contributed by atoms with Gasteiger partial charge < -0.3 is 15.4 Å². The van der Waals surface area contributed by atoms with Gasteiger partial charge in [0.05, 0.1) is 7.11 Å². The Balaban J connectivity index is 2.20. The van der Waals surface area contributed by atoms with Crippen molar-refractivity contribution in [2.75, 3.05) is 19.9 Å². The summed E-state index contributed by atoms with van der Waals surface area (Å²) < 4.78 is 5.15. The number of methoxy groups -OCH3 is 1. The van der Waals surface area contributed by atoms with Crippen molar-refractivity contribution < 1.29 is 9.53 Å². The number of nitrogen functional groups attached to an aromatic ring is 1. The summed E-state index contributed by atoms with van der Waals surface area (Å²) in [5, 5.41) is 0. The molecule has 4 heteroatoms. The molecule has 1 amide bonds. The van der Waals surface area contributed by atoms with E-state index in [9.17, 15) is 4.79 Å². The molecule has 0 radical (unpaired) electrons. The van der Waals surface area contributed by atoms with E-state index in [1.807, 2.05) is 31.2 Å². The van der Waals surface area contributed by atoms with Crippen LogP contribution in [0.15, 0.2) is 42.5 Å². The van der Waals surface area contributed by atoms with Crippen LogP contribution < -0.4 is 10.5 Å². The summed E-state index contributed by atoms with van der Waals surface area (Å²) in [6.45, 7) is 2.60. The first-order chi connectivity index (χ1) is 10.0. The second-order valence-corrected chi connectivity index (χ2v) is 5.08. The molecular formula is C17H20N2O2. The minimum absolute atomic E-state index is 0.0798. The Kier molecular flexibility index (Phi) is 4.48. The number of amides is 1. The van der Waals surface area contributed by atoms with Crippen molar-refractivity contribution in [3.8, 4) is 5.75 Å². The predicted octanol–water partition coefficient (Wildman–Crippen LogP) is 2.86. The van der Waals surface area contributed by atoms with E-state index in [1.165, 1.54) is 5.56 Å². The number of hydrogen-bond acceptors (Lipinski definition) is 3. The van der Waals surface area contributed by atoms with E-state index in [1.54, 1.807) is 37.3 Å². The molecule has 0 atom stereocenters. The highest BCUT2D eigenvalue weighted by molar-refractivity contribution is 5.95. The van der Waals surface area contributed by atoms with Crippen molar-refractivity contribution in [1.29, 1.82) is 0 Å². The number of rotatable bonds is 4. The van der Waals surface area contributed by atoms with Crippen LogP contribution in [-0.2, 0) is 6.54 Å². The highest BCUT2D eigenvalue weighted by Gasteiger charge is 2.14. The average molecular weight is 284 g/mol. The molecule has 110 valence electrons. The van der Waals surface area contributed by atoms with E-state index >= 15 is 0 Å². The van der Waals surface area contributed by atoms with Crippen molar-refractivity contribution >= 4 is 11.6 Å². The zero-order chi connectivity index (χ0) is 15.4. The fraction of sp³-hybridized carbons (Fsp3) is 0.235. The smallest absolute Gasteiger partial charge is 0.254 e. The van der Waals surface area contributed by atoms with Gasteiger partial charge >= 0.3 is 0 Å². The van der Waals surface area contributed by atoms with Crippen LogP contribution in [0.25, 0.3) is 0 Å². The largest absolute Gasteiger partial charge is 0.497 e. The molecule has 4 nitrogen and oxygen atoms in total. The maximum absolute atomic E-state index is 12.5. The molecule has 0 saturated heterocycles. The van der Waals surface area contributed by atoms with E-state index in [4.69, 9.17) is 10.5 Å².